The van der Waals surface area contributed by atoms with Gasteiger partial charge in [0.1, 0.15) is 0 Å². The molecule has 0 aliphatic carbocycles. The van der Waals surface area contributed by atoms with Gasteiger partial charge in [0.15, 0.2) is 6.04 Å². The summed E-state index contributed by atoms with van der Waals surface area (Å²) in [4.78, 5) is 26.8. The molecule has 0 radical (unpaired) electrons. The van der Waals surface area contributed by atoms with Crippen molar-refractivity contribution in [3.8, 4) is 0 Å². The van der Waals surface area contributed by atoms with Crippen LogP contribution < -0.4 is 0 Å². The fourth-order valence-electron chi connectivity index (χ4n) is 2.75. The number of likely N-dealkylation sites (tertiary alicyclic amines) is 1. The number of carboxylic acids is 1. The molecule has 1 atom stereocenters. The fraction of sp³-hybridized carbons (Fsp3) is 0.846. The first kappa shape index (κ1) is 14.1. The van der Waals surface area contributed by atoms with E-state index in [1.807, 2.05) is 0 Å². The van der Waals surface area contributed by atoms with E-state index in [1.165, 1.54) is 4.90 Å². The maximum Gasteiger partial charge on any atom is 0.328 e. The van der Waals surface area contributed by atoms with Crippen molar-refractivity contribution in [1.29, 1.82) is 0 Å². The van der Waals surface area contributed by atoms with E-state index in [4.69, 9.17) is 9.84 Å². The minimum absolute atomic E-state index is 0.0898. The Bertz CT molecular complexity index is 340. The Hall–Kier alpha value is -1.30. The zero-order chi connectivity index (χ0) is 13.8. The highest BCUT2D eigenvalue weighted by Crippen LogP contribution is 2.22. The van der Waals surface area contributed by atoms with Crippen molar-refractivity contribution in [1.82, 2.24) is 9.80 Å². The van der Waals surface area contributed by atoms with Crippen molar-refractivity contribution in [2.45, 2.75) is 32.2 Å². The molecule has 2 aliphatic heterocycles. The predicted octanol–water partition coefficient (Wildman–Crippen LogP) is 1.01. The average molecular weight is 270 g/mol. The third-order valence-electron chi connectivity index (χ3n) is 4.12. The first-order valence-electron chi connectivity index (χ1n) is 6.99. The third-order valence-corrected chi connectivity index (χ3v) is 4.12. The standard InChI is InChI=1S/C13H22N2O4/c1-2-10-3-5-14(6-4-10)13(18)15-7-8-19-9-11(15)12(16)17/h10-11H,2-9H2,1H3,(H,16,17). The van der Waals surface area contributed by atoms with Crippen LogP contribution in [0, 0.1) is 5.92 Å². The lowest BCUT2D eigenvalue weighted by molar-refractivity contribution is -0.147. The number of rotatable bonds is 2. The Kier molecular flexibility index (Phi) is 4.63. The normalized spacial score (nSPS) is 25.4. The molecule has 2 heterocycles. The first-order valence-corrected chi connectivity index (χ1v) is 6.99. The molecule has 2 amide bonds. The highest BCUT2D eigenvalue weighted by atomic mass is 16.5. The molecule has 6 heteroatoms. The molecule has 2 saturated heterocycles. The number of carbonyl (C=O) groups is 2. The van der Waals surface area contributed by atoms with Crippen LogP contribution in [0.4, 0.5) is 4.79 Å². The summed E-state index contributed by atoms with van der Waals surface area (Å²) >= 11 is 0. The zero-order valence-electron chi connectivity index (χ0n) is 11.4. The summed E-state index contributed by atoms with van der Waals surface area (Å²) in [6.07, 6.45) is 3.19. The number of aliphatic carboxylic acids is 1. The molecule has 0 aromatic heterocycles. The van der Waals surface area contributed by atoms with Crippen LogP contribution in [-0.2, 0) is 9.53 Å². The third kappa shape index (κ3) is 3.18. The minimum Gasteiger partial charge on any atom is -0.480 e. The Morgan fingerprint density at radius 1 is 1.26 bits per heavy atom. The van der Waals surface area contributed by atoms with E-state index in [-0.39, 0.29) is 12.6 Å². The predicted molar refractivity (Wildman–Crippen MR) is 68.9 cm³/mol. The van der Waals surface area contributed by atoms with Crippen molar-refractivity contribution >= 4 is 12.0 Å². The molecule has 2 aliphatic rings. The molecule has 6 nitrogen and oxygen atoms in total. The lowest BCUT2D eigenvalue weighted by atomic mass is 9.94. The maximum absolute atomic E-state index is 12.4. The molecule has 19 heavy (non-hydrogen) atoms. The zero-order valence-corrected chi connectivity index (χ0v) is 11.4. The highest BCUT2D eigenvalue weighted by molar-refractivity contribution is 5.83. The van der Waals surface area contributed by atoms with Crippen LogP contribution in [-0.4, -0.2) is 65.8 Å². The van der Waals surface area contributed by atoms with Gasteiger partial charge in [-0.1, -0.05) is 13.3 Å². The summed E-state index contributed by atoms with van der Waals surface area (Å²) in [6, 6.07) is -0.990. The van der Waals surface area contributed by atoms with Gasteiger partial charge in [-0.05, 0) is 18.8 Å². The molecule has 1 N–H and O–H groups in total. The van der Waals surface area contributed by atoms with E-state index in [0.717, 1.165) is 32.4 Å². The van der Waals surface area contributed by atoms with Crippen molar-refractivity contribution in [3.63, 3.8) is 0 Å². The molecule has 0 bridgehead atoms. The maximum atomic E-state index is 12.4. The average Bonchev–Trinajstić information content (AvgIpc) is 2.46. The van der Waals surface area contributed by atoms with E-state index < -0.39 is 12.0 Å². The SMILES string of the molecule is CCC1CCN(C(=O)N2CCOCC2C(=O)O)CC1. The van der Waals surface area contributed by atoms with Crippen molar-refractivity contribution in [2.75, 3.05) is 32.8 Å². The van der Waals surface area contributed by atoms with Crippen LogP contribution in [0.5, 0.6) is 0 Å². The fourth-order valence-corrected chi connectivity index (χ4v) is 2.75. The number of amides is 2. The van der Waals surface area contributed by atoms with Gasteiger partial charge in [-0.25, -0.2) is 9.59 Å². The molecule has 0 aromatic carbocycles. The molecule has 1 unspecified atom stereocenters. The second-order valence-electron chi connectivity index (χ2n) is 5.24. The van der Waals surface area contributed by atoms with Gasteiger partial charge in [-0.2, -0.15) is 0 Å². The van der Waals surface area contributed by atoms with Crippen LogP contribution in [0.25, 0.3) is 0 Å². The number of urea groups is 1. The van der Waals surface area contributed by atoms with Crippen LogP contribution in [0.15, 0.2) is 0 Å². The minimum atomic E-state index is -0.989. The number of hydrogen-bond donors (Lipinski definition) is 1. The van der Waals surface area contributed by atoms with E-state index in [9.17, 15) is 9.59 Å². The van der Waals surface area contributed by atoms with Gasteiger partial charge in [0.05, 0.1) is 13.2 Å². The van der Waals surface area contributed by atoms with E-state index >= 15 is 0 Å². The number of nitrogens with zero attached hydrogens (tertiary/aromatic N) is 2. The number of piperidine rings is 1. The highest BCUT2D eigenvalue weighted by Gasteiger charge is 2.35. The molecular weight excluding hydrogens is 248 g/mol. The van der Waals surface area contributed by atoms with Crippen molar-refractivity contribution < 1.29 is 19.4 Å². The second kappa shape index (κ2) is 6.23. The van der Waals surface area contributed by atoms with Crippen LogP contribution in [0.2, 0.25) is 0 Å². The second-order valence-corrected chi connectivity index (χ2v) is 5.24. The first-order chi connectivity index (χ1) is 9.13. The quantitative estimate of drug-likeness (QED) is 0.813. The Morgan fingerprint density at radius 2 is 1.95 bits per heavy atom. The molecular formula is C13H22N2O4. The Balaban J connectivity index is 1.96. The summed E-state index contributed by atoms with van der Waals surface area (Å²) in [5.41, 5.74) is 0. The van der Waals surface area contributed by atoms with Gasteiger partial charge in [0.25, 0.3) is 0 Å². The lowest BCUT2D eigenvalue weighted by Gasteiger charge is -2.39. The van der Waals surface area contributed by atoms with Crippen molar-refractivity contribution in [2.24, 2.45) is 5.92 Å². The monoisotopic (exact) mass is 270 g/mol. The Labute approximate surface area is 113 Å². The van der Waals surface area contributed by atoms with Gasteiger partial charge in [-0.15, -0.1) is 0 Å². The molecule has 2 fully saturated rings. The molecule has 0 aromatic rings. The summed E-state index contributed by atoms with van der Waals surface area (Å²) in [5, 5.41) is 9.14. The van der Waals surface area contributed by atoms with Gasteiger partial charge in [-0.3, -0.25) is 0 Å². The summed E-state index contributed by atoms with van der Waals surface area (Å²) in [5.74, 6) is -0.291. The van der Waals surface area contributed by atoms with Crippen LogP contribution in [0.1, 0.15) is 26.2 Å². The van der Waals surface area contributed by atoms with E-state index in [2.05, 4.69) is 6.92 Å². The van der Waals surface area contributed by atoms with Gasteiger partial charge >= 0.3 is 12.0 Å². The molecule has 0 saturated carbocycles. The molecule has 2 rings (SSSR count). The largest absolute Gasteiger partial charge is 0.480 e. The number of hydrogen-bond acceptors (Lipinski definition) is 3. The van der Waals surface area contributed by atoms with Crippen molar-refractivity contribution in [3.05, 3.63) is 0 Å². The lowest BCUT2D eigenvalue weighted by Crippen LogP contribution is -2.57. The van der Waals surface area contributed by atoms with Crippen LogP contribution >= 0.6 is 0 Å². The van der Waals surface area contributed by atoms with Gasteiger partial charge < -0.3 is 19.6 Å². The summed E-state index contributed by atoms with van der Waals surface area (Å²) < 4.78 is 5.15. The molecule has 0 spiro atoms. The number of carboxylic acid groups (broad SMARTS) is 1. The number of ether oxygens (including phenoxy) is 1. The van der Waals surface area contributed by atoms with E-state index in [0.29, 0.717) is 19.1 Å². The summed E-state index contributed by atoms with van der Waals surface area (Å²) in [6.45, 7) is 4.52. The molecule has 108 valence electrons. The Morgan fingerprint density at radius 3 is 2.53 bits per heavy atom. The topological polar surface area (TPSA) is 70.1 Å². The summed E-state index contributed by atoms with van der Waals surface area (Å²) in [7, 11) is 0. The smallest absolute Gasteiger partial charge is 0.328 e. The number of morpholine rings is 1. The van der Waals surface area contributed by atoms with E-state index in [1.54, 1.807) is 4.90 Å². The van der Waals surface area contributed by atoms with Gasteiger partial charge in [0, 0.05) is 19.6 Å². The number of carbonyl (C=O) groups excluding carboxylic acids is 1. The van der Waals surface area contributed by atoms with Crippen LogP contribution in [0.3, 0.4) is 0 Å². The van der Waals surface area contributed by atoms with Gasteiger partial charge in [0.2, 0.25) is 0 Å².